The highest BCUT2D eigenvalue weighted by atomic mass is 35.5. The van der Waals surface area contributed by atoms with Gasteiger partial charge >= 0.3 is 0 Å². The highest BCUT2D eigenvalue weighted by molar-refractivity contribution is 6.30. The first-order valence-corrected chi connectivity index (χ1v) is 8.68. The third-order valence-corrected chi connectivity index (χ3v) is 4.71. The number of hydrogen-bond acceptors (Lipinski definition) is 4. The summed E-state index contributed by atoms with van der Waals surface area (Å²) in [7, 11) is 0. The first-order valence-electron chi connectivity index (χ1n) is 8.31. The number of nitrogens with one attached hydrogen (secondary N) is 1. The molecule has 1 N–H and O–H groups in total. The summed E-state index contributed by atoms with van der Waals surface area (Å²) in [5.74, 6) is 0.933. The molecule has 1 aliphatic heterocycles. The molecule has 128 valence electrons. The summed E-state index contributed by atoms with van der Waals surface area (Å²) in [6, 6.07) is 10.9. The zero-order valence-corrected chi connectivity index (χ0v) is 14.4. The fourth-order valence-corrected chi connectivity index (χ4v) is 3.36. The van der Waals surface area contributed by atoms with Gasteiger partial charge in [0.2, 0.25) is 0 Å². The number of halogens is 1. The zero-order chi connectivity index (χ0) is 17.2. The molecule has 2 aromatic heterocycles. The standard InChI is InChI=1S/C18H18ClN5O/c19-14-5-3-13(4-6-14)18(25)22-15-2-1-11-23(12-15)17-8-9-20-16-7-10-21-24(16)17/h3-10,15H,1-2,11-12H2,(H,22,25). The number of aromatic nitrogens is 3. The Balaban J connectivity index is 1.48. The monoisotopic (exact) mass is 355 g/mol. The van der Waals surface area contributed by atoms with Crippen LogP contribution >= 0.6 is 11.6 Å². The van der Waals surface area contributed by atoms with Crippen molar-refractivity contribution in [1.82, 2.24) is 19.9 Å². The number of carbonyl (C=O) groups is 1. The van der Waals surface area contributed by atoms with Gasteiger partial charge in [-0.15, -0.1) is 0 Å². The summed E-state index contributed by atoms with van der Waals surface area (Å²) < 4.78 is 1.84. The molecule has 0 radical (unpaired) electrons. The molecule has 0 aliphatic carbocycles. The Hall–Kier alpha value is -2.60. The molecule has 3 heterocycles. The van der Waals surface area contributed by atoms with Gasteiger partial charge in [-0.1, -0.05) is 11.6 Å². The minimum atomic E-state index is -0.0671. The summed E-state index contributed by atoms with van der Waals surface area (Å²) in [4.78, 5) is 19.0. The minimum absolute atomic E-state index is 0.0671. The molecule has 1 amide bonds. The predicted molar refractivity (Wildman–Crippen MR) is 97.1 cm³/mol. The van der Waals surface area contributed by atoms with Gasteiger partial charge in [-0.2, -0.15) is 9.61 Å². The van der Waals surface area contributed by atoms with Crippen LogP contribution in [0, 0.1) is 0 Å². The Labute approximate surface area is 150 Å². The van der Waals surface area contributed by atoms with Gasteiger partial charge in [-0.25, -0.2) is 4.98 Å². The van der Waals surface area contributed by atoms with E-state index in [0.29, 0.717) is 10.6 Å². The minimum Gasteiger partial charge on any atom is -0.354 e. The van der Waals surface area contributed by atoms with Crippen LogP contribution in [0.1, 0.15) is 23.2 Å². The number of hydrogen-bond donors (Lipinski definition) is 1. The van der Waals surface area contributed by atoms with Gasteiger partial charge in [0.1, 0.15) is 5.82 Å². The van der Waals surface area contributed by atoms with E-state index in [-0.39, 0.29) is 11.9 Å². The van der Waals surface area contributed by atoms with E-state index in [1.165, 1.54) is 0 Å². The van der Waals surface area contributed by atoms with E-state index in [9.17, 15) is 4.79 Å². The molecular weight excluding hydrogens is 338 g/mol. The molecule has 1 unspecified atom stereocenters. The van der Waals surface area contributed by atoms with Crippen LogP contribution in [0.25, 0.3) is 5.65 Å². The summed E-state index contributed by atoms with van der Waals surface area (Å²) in [6.07, 6.45) is 5.51. The van der Waals surface area contributed by atoms with Crippen molar-refractivity contribution in [3.8, 4) is 0 Å². The number of amides is 1. The van der Waals surface area contributed by atoms with Crippen molar-refractivity contribution in [2.45, 2.75) is 18.9 Å². The lowest BCUT2D eigenvalue weighted by Crippen LogP contribution is -2.48. The maximum atomic E-state index is 12.4. The molecule has 0 saturated carbocycles. The van der Waals surface area contributed by atoms with Crippen molar-refractivity contribution in [3.05, 3.63) is 59.4 Å². The number of carbonyl (C=O) groups excluding carboxylic acids is 1. The Bertz CT molecular complexity index is 892. The lowest BCUT2D eigenvalue weighted by Gasteiger charge is -2.34. The van der Waals surface area contributed by atoms with Gasteiger partial charge < -0.3 is 10.2 Å². The molecule has 0 spiro atoms. The molecule has 7 heteroatoms. The van der Waals surface area contributed by atoms with Crippen molar-refractivity contribution >= 4 is 29.0 Å². The van der Waals surface area contributed by atoms with Gasteiger partial charge in [0, 0.05) is 42.0 Å². The van der Waals surface area contributed by atoms with Crippen molar-refractivity contribution in [3.63, 3.8) is 0 Å². The average molecular weight is 356 g/mol. The van der Waals surface area contributed by atoms with Gasteiger partial charge in [0.25, 0.3) is 5.91 Å². The number of nitrogens with zero attached hydrogens (tertiary/aromatic N) is 4. The first kappa shape index (κ1) is 15.9. The van der Waals surface area contributed by atoms with Crippen molar-refractivity contribution in [2.24, 2.45) is 0 Å². The second kappa shape index (κ2) is 6.72. The van der Waals surface area contributed by atoms with E-state index in [2.05, 4.69) is 20.3 Å². The predicted octanol–water partition coefficient (Wildman–Crippen LogP) is 2.78. The molecule has 6 nitrogen and oxygen atoms in total. The Morgan fingerprint density at radius 3 is 2.84 bits per heavy atom. The number of piperidine rings is 1. The molecule has 1 atom stereocenters. The van der Waals surface area contributed by atoms with E-state index >= 15 is 0 Å². The van der Waals surface area contributed by atoms with Crippen LogP contribution in [-0.2, 0) is 0 Å². The van der Waals surface area contributed by atoms with E-state index in [1.54, 1.807) is 36.7 Å². The third kappa shape index (κ3) is 3.30. The summed E-state index contributed by atoms with van der Waals surface area (Å²) in [5.41, 5.74) is 1.45. The second-order valence-corrected chi connectivity index (χ2v) is 6.61. The van der Waals surface area contributed by atoms with E-state index in [1.807, 2.05) is 16.6 Å². The molecule has 3 aromatic rings. The summed E-state index contributed by atoms with van der Waals surface area (Å²) in [5, 5.41) is 8.10. The Morgan fingerprint density at radius 1 is 1.16 bits per heavy atom. The molecule has 1 aliphatic rings. The fourth-order valence-electron chi connectivity index (χ4n) is 3.23. The summed E-state index contributed by atoms with van der Waals surface area (Å²) in [6.45, 7) is 1.69. The van der Waals surface area contributed by atoms with Crippen molar-refractivity contribution in [1.29, 1.82) is 0 Å². The number of fused-ring (bicyclic) bond motifs is 1. The fraction of sp³-hybridized carbons (Fsp3) is 0.278. The number of benzene rings is 1. The maximum absolute atomic E-state index is 12.4. The van der Waals surface area contributed by atoms with Crippen LogP contribution in [0.15, 0.2) is 48.8 Å². The lowest BCUT2D eigenvalue weighted by atomic mass is 10.0. The number of rotatable bonds is 3. The molecule has 1 fully saturated rings. The Kier molecular flexibility index (Phi) is 4.28. The smallest absolute Gasteiger partial charge is 0.251 e. The molecule has 25 heavy (non-hydrogen) atoms. The van der Waals surface area contributed by atoms with Crippen LogP contribution in [-0.4, -0.2) is 39.6 Å². The van der Waals surface area contributed by atoms with Crippen LogP contribution in [0.4, 0.5) is 5.82 Å². The van der Waals surface area contributed by atoms with Crippen LogP contribution < -0.4 is 10.2 Å². The molecule has 0 bridgehead atoms. The van der Waals surface area contributed by atoms with E-state index in [0.717, 1.165) is 37.4 Å². The normalized spacial score (nSPS) is 17.6. The topological polar surface area (TPSA) is 62.5 Å². The molecule has 1 saturated heterocycles. The second-order valence-electron chi connectivity index (χ2n) is 6.17. The van der Waals surface area contributed by atoms with Gasteiger partial charge in [0.15, 0.2) is 5.65 Å². The van der Waals surface area contributed by atoms with E-state index in [4.69, 9.17) is 11.6 Å². The zero-order valence-electron chi connectivity index (χ0n) is 13.6. The van der Waals surface area contributed by atoms with Gasteiger partial charge in [0.05, 0.1) is 6.20 Å². The highest BCUT2D eigenvalue weighted by Gasteiger charge is 2.23. The quantitative estimate of drug-likeness (QED) is 0.784. The molecular formula is C18H18ClN5O. The largest absolute Gasteiger partial charge is 0.354 e. The van der Waals surface area contributed by atoms with Crippen molar-refractivity contribution in [2.75, 3.05) is 18.0 Å². The van der Waals surface area contributed by atoms with Crippen LogP contribution in [0.2, 0.25) is 5.02 Å². The van der Waals surface area contributed by atoms with Gasteiger partial charge in [-0.3, -0.25) is 4.79 Å². The average Bonchev–Trinajstić information content (AvgIpc) is 3.11. The van der Waals surface area contributed by atoms with Crippen molar-refractivity contribution < 1.29 is 4.79 Å². The molecule has 4 rings (SSSR count). The summed E-state index contributed by atoms with van der Waals surface area (Å²) >= 11 is 5.88. The van der Waals surface area contributed by atoms with Crippen LogP contribution in [0.3, 0.4) is 0 Å². The van der Waals surface area contributed by atoms with Crippen LogP contribution in [0.5, 0.6) is 0 Å². The SMILES string of the molecule is O=C(NC1CCCN(c2ccnc3ccnn23)C1)c1ccc(Cl)cc1. The van der Waals surface area contributed by atoms with E-state index < -0.39 is 0 Å². The number of anilines is 1. The lowest BCUT2D eigenvalue weighted by molar-refractivity contribution is 0.0933. The molecule has 1 aromatic carbocycles. The third-order valence-electron chi connectivity index (χ3n) is 4.46. The maximum Gasteiger partial charge on any atom is 0.251 e. The Morgan fingerprint density at radius 2 is 2.00 bits per heavy atom. The van der Waals surface area contributed by atoms with Gasteiger partial charge in [-0.05, 0) is 43.2 Å². The highest BCUT2D eigenvalue weighted by Crippen LogP contribution is 2.20. The first-order chi connectivity index (χ1) is 12.2.